The smallest absolute Gasteiger partial charge is 0.322 e. The van der Waals surface area contributed by atoms with E-state index in [0.717, 1.165) is 37.1 Å². The number of piperidine rings is 1. The van der Waals surface area contributed by atoms with E-state index in [-0.39, 0.29) is 18.1 Å². The molecule has 3 heterocycles. The second-order valence-electron chi connectivity index (χ2n) is 8.54. The van der Waals surface area contributed by atoms with Crippen molar-refractivity contribution < 1.29 is 8.95 Å². The van der Waals surface area contributed by atoms with Crippen molar-refractivity contribution in [1.82, 2.24) is 24.9 Å². The third-order valence-corrected chi connectivity index (χ3v) is 6.74. The van der Waals surface area contributed by atoms with Crippen molar-refractivity contribution in [2.75, 3.05) is 18.4 Å². The molecule has 1 fully saturated rings. The van der Waals surface area contributed by atoms with Crippen LogP contribution < -0.4 is 20.5 Å². The quantitative estimate of drug-likeness (QED) is 0.466. The molecule has 3 aromatic rings. The number of rotatable bonds is 7. The van der Waals surface area contributed by atoms with E-state index in [0.29, 0.717) is 22.5 Å². The maximum atomic E-state index is 12.5. The summed E-state index contributed by atoms with van der Waals surface area (Å²) in [6.45, 7) is 7.92. The van der Waals surface area contributed by atoms with Crippen molar-refractivity contribution in [3.63, 3.8) is 0 Å². The van der Waals surface area contributed by atoms with E-state index in [9.17, 15) is 4.21 Å². The van der Waals surface area contributed by atoms with Crippen molar-refractivity contribution in [2.24, 2.45) is 5.14 Å². The fourth-order valence-corrected chi connectivity index (χ4v) is 4.88. The topological polar surface area (TPSA) is 119 Å². The molecule has 172 valence electrons. The van der Waals surface area contributed by atoms with Crippen LogP contribution in [0.1, 0.15) is 56.7 Å². The van der Waals surface area contributed by atoms with Gasteiger partial charge in [0.1, 0.15) is 6.10 Å². The Bertz CT molecular complexity index is 1200. The lowest BCUT2D eigenvalue weighted by molar-refractivity contribution is 0.153. The molecule has 10 heteroatoms. The molecule has 1 saturated heterocycles. The Morgan fingerprint density at radius 1 is 1.28 bits per heavy atom. The lowest BCUT2D eigenvalue weighted by atomic mass is 10.1. The van der Waals surface area contributed by atoms with Crippen LogP contribution in [0.15, 0.2) is 35.4 Å². The van der Waals surface area contributed by atoms with Gasteiger partial charge in [0.15, 0.2) is 5.65 Å². The number of benzene rings is 1. The molecule has 4 rings (SSSR count). The molecule has 0 spiro atoms. The molecule has 32 heavy (non-hydrogen) atoms. The van der Waals surface area contributed by atoms with Crippen LogP contribution in [0.2, 0.25) is 0 Å². The lowest BCUT2D eigenvalue weighted by Crippen LogP contribution is -2.37. The van der Waals surface area contributed by atoms with Crippen LogP contribution in [0.3, 0.4) is 0 Å². The largest absolute Gasteiger partial charge is 0.459 e. The van der Waals surface area contributed by atoms with Gasteiger partial charge in [0.2, 0.25) is 5.95 Å². The fraction of sp³-hybridized carbons (Fsp3) is 0.455. The summed E-state index contributed by atoms with van der Waals surface area (Å²) in [4.78, 5) is 9.82. The molecule has 0 radical (unpaired) electrons. The van der Waals surface area contributed by atoms with Crippen LogP contribution in [-0.2, 0) is 9.71 Å². The van der Waals surface area contributed by atoms with E-state index in [1.54, 1.807) is 16.6 Å². The SMILES string of the molecule is C=S(N)(=O)c1ccccc1C(C)Nc1nc(O[C@@H]2CCCNC2)nc2c(C(C)C)cnn12. The Morgan fingerprint density at radius 3 is 2.75 bits per heavy atom. The number of hydrogen-bond donors (Lipinski definition) is 3. The monoisotopic (exact) mass is 457 g/mol. The van der Waals surface area contributed by atoms with Crippen molar-refractivity contribution in [3.05, 3.63) is 41.6 Å². The van der Waals surface area contributed by atoms with Gasteiger partial charge in [-0.3, -0.25) is 5.14 Å². The summed E-state index contributed by atoms with van der Waals surface area (Å²) >= 11 is 0. The Kier molecular flexibility index (Phi) is 6.36. The van der Waals surface area contributed by atoms with Gasteiger partial charge in [0.25, 0.3) is 0 Å². The molecule has 0 bridgehead atoms. The van der Waals surface area contributed by atoms with Gasteiger partial charge in [-0.05, 0) is 49.7 Å². The first-order valence-corrected chi connectivity index (χ1v) is 12.7. The van der Waals surface area contributed by atoms with Crippen molar-refractivity contribution in [2.45, 2.75) is 56.6 Å². The van der Waals surface area contributed by atoms with E-state index in [1.807, 2.05) is 25.3 Å². The van der Waals surface area contributed by atoms with Crippen LogP contribution in [0.5, 0.6) is 6.01 Å². The molecule has 9 nitrogen and oxygen atoms in total. The Labute approximate surface area is 188 Å². The maximum absolute atomic E-state index is 12.5. The third kappa shape index (κ3) is 4.72. The normalized spacial score (nSPS) is 19.6. The zero-order valence-electron chi connectivity index (χ0n) is 18.7. The summed E-state index contributed by atoms with van der Waals surface area (Å²) < 4.78 is 20.3. The summed E-state index contributed by atoms with van der Waals surface area (Å²) in [7, 11) is -2.87. The Morgan fingerprint density at radius 2 is 2.06 bits per heavy atom. The molecular formula is C22H31N7O2S. The lowest BCUT2D eigenvalue weighted by Gasteiger charge is -2.23. The molecule has 3 atom stereocenters. The van der Waals surface area contributed by atoms with Crippen molar-refractivity contribution >= 4 is 27.2 Å². The van der Waals surface area contributed by atoms with Gasteiger partial charge in [-0.15, -0.1) is 0 Å². The van der Waals surface area contributed by atoms with Gasteiger partial charge < -0.3 is 15.4 Å². The molecule has 0 amide bonds. The molecule has 0 saturated carbocycles. The van der Waals surface area contributed by atoms with Crippen LogP contribution in [0, 0.1) is 0 Å². The van der Waals surface area contributed by atoms with Crippen LogP contribution in [-0.4, -0.2) is 48.9 Å². The summed E-state index contributed by atoms with van der Waals surface area (Å²) in [5.41, 5.74) is 2.51. The summed E-state index contributed by atoms with van der Waals surface area (Å²) in [6.07, 6.45) is 3.85. The predicted molar refractivity (Wildman–Crippen MR) is 128 cm³/mol. The zero-order chi connectivity index (χ0) is 22.9. The Hall–Kier alpha value is -2.69. The second kappa shape index (κ2) is 9.05. The van der Waals surface area contributed by atoms with E-state index < -0.39 is 9.71 Å². The molecule has 1 aromatic carbocycles. The van der Waals surface area contributed by atoms with Crippen molar-refractivity contribution in [1.29, 1.82) is 0 Å². The number of nitrogens with one attached hydrogen (secondary N) is 2. The van der Waals surface area contributed by atoms with E-state index in [2.05, 4.69) is 45.4 Å². The highest BCUT2D eigenvalue weighted by molar-refractivity contribution is 7.98. The molecule has 2 unspecified atom stereocenters. The third-order valence-electron chi connectivity index (χ3n) is 5.62. The average molecular weight is 458 g/mol. The first-order chi connectivity index (χ1) is 15.2. The van der Waals surface area contributed by atoms with E-state index in [4.69, 9.17) is 9.88 Å². The fourth-order valence-electron chi connectivity index (χ4n) is 3.92. The highest BCUT2D eigenvalue weighted by Crippen LogP contribution is 2.27. The number of aromatic nitrogens is 4. The summed E-state index contributed by atoms with van der Waals surface area (Å²) in [5, 5.41) is 17.1. The standard InChI is InChI=1S/C22H31N7O2S/c1-14(2)18-13-25-29-20(18)27-22(31-16-8-7-11-24-12-16)28-21(29)26-15(3)17-9-5-6-10-19(17)32(4,23)30/h5-6,9-10,13-16,24H,4,7-8,11-12H2,1-3H3,(H2,23,30)(H,26,27,28)/t15?,16-,32?/m1/s1. The summed E-state index contributed by atoms with van der Waals surface area (Å²) in [5.74, 6) is 4.39. The van der Waals surface area contributed by atoms with Gasteiger partial charge in [-0.2, -0.15) is 19.6 Å². The minimum absolute atomic E-state index is 0.0238. The maximum Gasteiger partial charge on any atom is 0.322 e. The number of fused-ring (bicyclic) bond motifs is 1. The van der Waals surface area contributed by atoms with Gasteiger partial charge in [-0.1, -0.05) is 32.0 Å². The van der Waals surface area contributed by atoms with Crippen LogP contribution >= 0.6 is 0 Å². The molecule has 1 aliphatic heterocycles. The first kappa shape index (κ1) is 22.5. The number of ether oxygens (including phenoxy) is 1. The highest BCUT2D eigenvalue weighted by atomic mass is 32.2. The molecule has 0 aliphatic carbocycles. The van der Waals surface area contributed by atoms with Crippen LogP contribution in [0.4, 0.5) is 5.95 Å². The number of hydrogen-bond acceptors (Lipinski definition) is 7. The Balaban J connectivity index is 1.73. The number of nitrogens with two attached hydrogens (primary N) is 1. The average Bonchev–Trinajstić information content (AvgIpc) is 3.18. The van der Waals surface area contributed by atoms with Gasteiger partial charge in [-0.25, -0.2) is 4.21 Å². The zero-order valence-corrected chi connectivity index (χ0v) is 19.6. The van der Waals surface area contributed by atoms with Gasteiger partial charge >= 0.3 is 6.01 Å². The van der Waals surface area contributed by atoms with Gasteiger partial charge in [0, 0.05) is 17.0 Å². The highest BCUT2D eigenvalue weighted by Gasteiger charge is 2.22. The first-order valence-electron chi connectivity index (χ1n) is 10.9. The van der Waals surface area contributed by atoms with E-state index >= 15 is 0 Å². The minimum Gasteiger partial charge on any atom is -0.459 e. The minimum atomic E-state index is -2.87. The van der Waals surface area contributed by atoms with Crippen LogP contribution in [0.25, 0.3) is 5.65 Å². The predicted octanol–water partition coefficient (Wildman–Crippen LogP) is 2.50. The van der Waals surface area contributed by atoms with Gasteiger partial charge in [0.05, 0.1) is 21.9 Å². The molecular weight excluding hydrogens is 426 g/mol. The summed E-state index contributed by atoms with van der Waals surface area (Å²) in [6, 6.07) is 7.37. The second-order valence-corrected chi connectivity index (χ2v) is 10.4. The van der Waals surface area contributed by atoms with Crippen molar-refractivity contribution in [3.8, 4) is 6.01 Å². The van der Waals surface area contributed by atoms with E-state index in [1.165, 1.54) is 0 Å². The molecule has 1 aliphatic rings. The number of nitrogens with zero attached hydrogens (tertiary/aromatic N) is 4. The number of anilines is 1. The molecule has 2 aromatic heterocycles. The molecule has 4 N–H and O–H groups in total.